The summed E-state index contributed by atoms with van der Waals surface area (Å²) in [4.78, 5) is 28.7. The normalized spacial score (nSPS) is 10.4. The van der Waals surface area contributed by atoms with Crippen LogP contribution in [0.5, 0.6) is 0 Å². The quantitative estimate of drug-likeness (QED) is 0.656. The summed E-state index contributed by atoms with van der Waals surface area (Å²) in [5.41, 5.74) is 8.26. The minimum absolute atomic E-state index is 0.149. The molecule has 3 N–H and O–H groups in total. The minimum atomic E-state index is -0.338. The number of thiazole rings is 1. The Morgan fingerprint density at radius 2 is 2.10 bits per heavy atom. The molecule has 21 heavy (non-hydrogen) atoms. The first-order valence-corrected chi connectivity index (χ1v) is 7.34. The zero-order valence-electron chi connectivity index (χ0n) is 12.0. The van der Waals surface area contributed by atoms with E-state index in [1.54, 1.807) is 12.3 Å². The number of carbonyl (C=O) groups excluding carboxylic acids is 2. The van der Waals surface area contributed by atoms with Crippen molar-refractivity contribution in [3.8, 4) is 0 Å². The van der Waals surface area contributed by atoms with Gasteiger partial charge in [-0.15, -0.1) is 11.3 Å². The summed E-state index contributed by atoms with van der Waals surface area (Å²) in [5.74, 6) is -0.488. The van der Waals surface area contributed by atoms with E-state index in [0.717, 1.165) is 16.0 Å². The van der Waals surface area contributed by atoms with Gasteiger partial charge in [-0.25, -0.2) is 4.98 Å². The Hall–Kier alpha value is -2.21. The Balaban J connectivity index is 1.89. The number of nitrogens with two attached hydrogens (primary N) is 1. The number of anilines is 2. The number of hydrogen-bond donors (Lipinski definition) is 2. The van der Waals surface area contributed by atoms with Crippen LogP contribution in [0.15, 0.2) is 24.4 Å². The maximum absolute atomic E-state index is 11.9. The van der Waals surface area contributed by atoms with Crippen LogP contribution in [0.4, 0.5) is 10.8 Å². The van der Waals surface area contributed by atoms with Gasteiger partial charge in [0.25, 0.3) is 0 Å². The molecular formula is C15H17N3O2S. The van der Waals surface area contributed by atoms with Gasteiger partial charge < -0.3 is 11.1 Å². The molecule has 5 nitrogen and oxygen atoms in total. The Morgan fingerprint density at radius 1 is 1.33 bits per heavy atom. The van der Waals surface area contributed by atoms with Crippen molar-refractivity contribution in [2.24, 2.45) is 0 Å². The van der Waals surface area contributed by atoms with E-state index < -0.39 is 0 Å². The predicted molar refractivity (Wildman–Crippen MR) is 84.4 cm³/mol. The Kier molecular flexibility index (Phi) is 4.70. The maximum atomic E-state index is 11.9. The van der Waals surface area contributed by atoms with Crippen LogP contribution in [0.1, 0.15) is 22.4 Å². The molecule has 6 heteroatoms. The highest BCUT2D eigenvalue weighted by Gasteiger charge is 2.12. The molecule has 1 amide bonds. The first kappa shape index (κ1) is 15.2. The molecule has 2 rings (SSSR count). The number of nitrogens with one attached hydrogen (secondary N) is 1. The lowest BCUT2D eigenvalue weighted by Crippen LogP contribution is -2.17. The van der Waals surface area contributed by atoms with Crippen molar-refractivity contribution in [1.29, 1.82) is 0 Å². The number of carbonyl (C=O) groups is 2. The third-order valence-corrected chi connectivity index (χ3v) is 3.80. The summed E-state index contributed by atoms with van der Waals surface area (Å²) in [7, 11) is 0. The summed E-state index contributed by atoms with van der Waals surface area (Å²) < 4.78 is 0. The summed E-state index contributed by atoms with van der Waals surface area (Å²) in [6, 6.07) is 5.50. The number of aromatic nitrogens is 1. The average molecular weight is 303 g/mol. The van der Waals surface area contributed by atoms with Crippen molar-refractivity contribution in [3.63, 3.8) is 0 Å². The van der Waals surface area contributed by atoms with Gasteiger partial charge in [0, 0.05) is 23.2 Å². The van der Waals surface area contributed by atoms with Gasteiger partial charge in [0.1, 0.15) is 5.78 Å². The van der Waals surface area contributed by atoms with Gasteiger partial charge in [-0.1, -0.05) is 12.1 Å². The van der Waals surface area contributed by atoms with Crippen LogP contribution in [-0.4, -0.2) is 16.7 Å². The molecule has 0 aliphatic rings. The van der Waals surface area contributed by atoms with Crippen LogP contribution in [-0.2, 0) is 16.0 Å². The predicted octanol–water partition coefficient (Wildman–Crippen LogP) is 2.48. The van der Waals surface area contributed by atoms with E-state index in [1.807, 2.05) is 26.0 Å². The highest BCUT2D eigenvalue weighted by Crippen LogP contribution is 2.17. The van der Waals surface area contributed by atoms with E-state index >= 15 is 0 Å². The SMILES string of the molecule is Cc1cnc(NC(=O)CC(=O)Cc2ccc(C)c(N)c2)s1. The molecule has 0 spiro atoms. The number of hydrogen-bond acceptors (Lipinski definition) is 5. The van der Waals surface area contributed by atoms with Gasteiger partial charge in [0.05, 0.1) is 6.42 Å². The van der Waals surface area contributed by atoms with Crippen molar-refractivity contribution in [3.05, 3.63) is 40.4 Å². The van der Waals surface area contributed by atoms with Gasteiger partial charge in [0.2, 0.25) is 5.91 Å². The molecule has 1 heterocycles. The van der Waals surface area contributed by atoms with E-state index in [-0.39, 0.29) is 24.5 Å². The average Bonchev–Trinajstić information content (AvgIpc) is 2.79. The van der Waals surface area contributed by atoms with Gasteiger partial charge >= 0.3 is 0 Å². The molecule has 2 aromatic rings. The topological polar surface area (TPSA) is 85.1 Å². The zero-order valence-corrected chi connectivity index (χ0v) is 12.8. The van der Waals surface area contributed by atoms with Crippen LogP contribution in [0.2, 0.25) is 0 Å². The van der Waals surface area contributed by atoms with Crippen molar-refractivity contribution < 1.29 is 9.59 Å². The highest BCUT2D eigenvalue weighted by atomic mass is 32.1. The molecule has 0 saturated carbocycles. The fourth-order valence-electron chi connectivity index (χ4n) is 1.85. The van der Waals surface area contributed by atoms with Crippen LogP contribution >= 0.6 is 11.3 Å². The third kappa shape index (κ3) is 4.39. The lowest BCUT2D eigenvalue weighted by molar-refractivity contribution is -0.125. The highest BCUT2D eigenvalue weighted by molar-refractivity contribution is 7.15. The van der Waals surface area contributed by atoms with Gasteiger partial charge in [-0.05, 0) is 31.0 Å². The van der Waals surface area contributed by atoms with E-state index in [2.05, 4.69) is 10.3 Å². The van der Waals surface area contributed by atoms with Crippen LogP contribution in [0.25, 0.3) is 0 Å². The number of nitrogens with zero attached hydrogens (tertiary/aromatic N) is 1. The smallest absolute Gasteiger partial charge is 0.233 e. The van der Waals surface area contributed by atoms with Crippen molar-refractivity contribution >= 4 is 33.8 Å². The first-order chi connectivity index (χ1) is 9.94. The molecule has 0 radical (unpaired) electrons. The van der Waals surface area contributed by atoms with E-state index in [1.165, 1.54) is 11.3 Å². The maximum Gasteiger partial charge on any atom is 0.233 e. The number of nitrogen functional groups attached to an aromatic ring is 1. The second kappa shape index (κ2) is 6.49. The lowest BCUT2D eigenvalue weighted by atomic mass is 10.0. The molecule has 0 fully saturated rings. The molecule has 110 valence electrons. The number of aryl methyl sites for hydroxylation is 2. The molecular weight excluding hydrogens is 286 g/mol. The Labute approximate surface area is 127 Å². The number of amides is 1. The number of ketones is 1. The largest absolute Gasteiger partial charge is 0.399 e. The van der Waals surface area contributed by atoms with Crippen LogP contribution < -0.4 is 11.1 Å². The lowest BCUT2D eigenvalue weighted by Gasteiger charge is -2.05. The Bertz CT molecular complexity index is 679. The fraction of sp³-hybridized carbons (Fsp3) is 0.267. The molecule has 1 aromatic heterocycles. The molecule has 0 atom stereocenters. The summed E-state index contributed by atoms with van der Waals surface area (Å²) in [6.07, 6.45) is 1.72. The monoisotopic (exact) mass is 303 g/mol. The molecule has 0 bridgehead atoms. The number of rotatable bonds is 5. The fourth-order valence-corrected chi connectivity index (χ4v) is 2.53. The zero-order chi connectivity index (χ0) is 15.4. The molecule has 0 aliphatic carbocycles. The molecule has 0 aliphatic heterocycles. The standard InChI is InChI=1S/C15H17N3O2S/c1-9-3-4-11(6-13(9)16)5-12(19)7-14(20)18-15-17-8-10(2)21-15/h3-4,6,8H,5,7,16H2,1-2H3,(H,17,18,20). The third-order valence-electron chi connectivity index (χ3n) is 2.97. The van der Waals surface area contributed by atoms with Crippen molar-refractivity contribution in [1.82, 2.24) is 4.98 Å². The summed E-state index contributed by atoms with van der Waals surface area (Å²) in [5, 5.41) is 3.14. The minimum Gasteiger partial charge on any atom is -0.399 e. The van der Waals surface area contributed by atoms with E-state index in [9.17, 15) is 9.59 Å². The molecule has 0 saturated heterocycles. The van der Waals surface area contributed by atoms with Crippen LogP contribution in [0.3, 0.4) is 0 Å². The molecule has 1 aromatic carbocycles. The summed E-state index contributed by atoms with van der Waals surface area (Å²) >= 11 is 1.38. The van der Waals surface area contributed by atoms with Crippen LogP contribution in [0, 0.1) is 13.8 Å². The van der Waals surface area contributed by atoms with Gasteiger partial charge in [0.15, 0.2) is 5.13 Å². The molecule has 0 unspecified atom stereocenters. The van der Waals surface area contributed by atoms with Crippen molar-refractivity contribution in [2.45, 2.75) is 26.7 Å². The van der Waals surface area contributed by atoms with Crippen molar-refractivity contribution in [2.75, 3.05) is 11.1 Å². The van der Waals surface area contributed by atoms with Gasteiger partial charge in [-0.3, -0.25) is 9.59 Å². The second-order valence-corrected chi connectivity index (χ2v) is 6.14. The van der Waals surface area contributed by atoms with E-state index in [0.29, 0.717) is 10.8 Å². The Morgan fingerprint density at radius 3 is 2.71 bits per heavy atom. The second-order valence-electron chi connectivity index (χ2n) is 4.91. The number of Topliss-reactive ketones (excluding diaryl/α,β-unsaturated/α-hetero) is 1. The number of benzene rings is 1. The van der Waals surface area contributed by atoms with E-state index in [4.69, 9.17) is 5.73 Å². The van der Waals surface area contributed by atoms with Gasteiger partial charge in [-0.2, -0.15) is 0 Å². The summed E-state index contributed by atoms with van der Waals surface area (Å²) in [6.45, 7) is 3.81. The first-order valence-electron chi connectivity index (χ1n) is 6.53.